The second-order valence-electron chi connectivity index (χ2n) is 8.08. The third kappa shape index (κ3) is 2.34. The molecule has 0 unspecified atom stereocenters. The first-order valence-corrected chi connectivity index (χ1v) is 9.28. The number of nitrogens with zero attached hydrogens (tertiary/aromatic N) is 4. The van der Waals surface area contributed by atoms with Crippen LogP contribution < -0.4 is 5.32 Å². The number of carbonyl (C=O) groups excluding carboxylic acids is 2. The lowest BCUT2D eigenvalue weighted by atomic mass is 9.78. The molecule has 7 nitrogen and oxygen atoms in total. The van der Waals surface area contributed by atoms with Gasteiger partial charge in [0, 0.05) is 25.3 Å². The molecule has 0 spiro atoms. The number of amides is 2. The van der Waals surface area contributed by atoms with Crippen molar-refractivity contribution in [3.05, 3.63) is 36.3 Å². The molecule has 6 rings (SSSR count). The van der Waals surface area contributed by atoms with E-state index in [0.29, 0.717) is 12.2 Å². The first kappa shape index (κ1) is 15.8. The van der Waals surface area contributed by atoms with Crippen molar-refractivity contribution in [1.29, 1.82) is 0 Å². The average Bonchev–Trinajstić information content (AvgIpc) is 3.34. The maximum Gasteiger partial charge on any atom is 0.270 e. The lowest BCUT2D eigenvalue weighted by Gasteiger charge is -2.37. The minimum absolute atomic E-state index is 0.114. The highest BCUT2D eigenvalue weighted by Crippen LogP contribution is 2.45. The van der Waals surface area contributed by atoms with Gasteiger partial charge in [-0.2, -0.15) is 0 Å². The number of fused-ring (bicyclic) bond motifs is 2. The molecule has 2 bridgehead atoms. The summed E-state index contributed by atoms with van der Waals surface area (Å²) in [5, 5.41) is 3.20. The van der Waals surface area contributed by atoms with Crippen LogP contribution in [0.3, 0.4) is 0 Å². The van der Waals surface area contributed by atoms with Crippen molar-refractivity contribution in [3.63, 3.8) is 0 Å². The fraction of sp³-hybridized carbons (Fsp3) is 0.526. The van der Waals surface area contributed by atoms with E-state index in [0.717, 1.165) is 38.0 Å². The number of imidazole rings is 1. The smallest absolute Gasteiger partial charge is 0.270 e. The fourth-order valence-corrected chi connectivity index (χ4v) is 4.82. The largest absolute Gasteiger partial charge is 0.343 e. The van der Waals surface area contributed by atoms with Gasteiger partial charge in [-0.25, -0.2) is 4.98 Å². The molecule has 7 heteroatoms. The normalized spacial score (nSPS) is 30.6. The van der Waals surface area contributed by atoms with Crippen LogP contribution in [0.5, 0.6) is 0 Å². The molecule has 4 fully saturated rings. The van der Waals surface area contributed by atoms with E-state index < -0.39 is 0 Å². The summed E-state index contributed by atoms with van der Waals surface area (Å²) in [6.45, 7) is 2.48. The predicted octanol–water partition coefficient (Wildman–Crippen LogP) is 0.759. The first-order chi connectivity index (χ1) is 12.5. The van der Waals surface area contributed by atoms with Crippen LogP contribution in [0.1, 0.15) is 29.8 Å². The highest BCUT2D eigenvalue weighted by molar-refractivity contribution is 5.94. The van der Waals surface area contributed by atoms with E-state index >= 15 is 0 Å². The molecule has 4 aliphatic rings. The Hall–Kier alpha value is -2.41. The zero-order chi connectivity index (χ0) is 17.9. The van der Waals surface area contributed by atoms with Crippen LogP contribution in [0.25, 0.3) is 5.65 Å². The Morgan fingerprint density at radius 3 is 2.92 bits per heavy atom. The van der Waals surface area contributed by atoms with E-state index in [9.17, 15) is 9.59 Å². The van der Waals surface area contributed by atoms with E-state index in [1.54, 1.807) is 10.6 Å². The van der Waals surface area contributed by atoms with Gasteiger partial charge in [-0.3, -0.25) is 14.0 Å². The number of rotatable bonds is 3. The summed E-state index contributed by atoms with van der Waals surface area (Å²) in [5.41, 5.74) is 1.04. The minimum atomic E-state index is -0.263. The third-order valence-electron chi connectivity index (χ3n) is 6.22. The number of hydrogen-bond acceptors (Lipinski definition) is 4. The van der Waals surface area contributed by atoms with E-state index in [-0.39, 0.29) is 29.3 Å². The Kier molecular flexibility index (Phi) is 3.37. The summed E-state index contributed by atoms with van der Waals surface area (Å²) in [5.74, 6) is 0.269. The van der Waals surface area contributed by atoms with Gasteiger partial charge in [0.25, 0.3) is 5.91 Å². The van der Waals surface area contributed by atoms with Crippen molar-refractivity contribution in [2.45, 2.75) is 30.8 Å². The molecule has 2 aromatic rings. The quantitative estimate of drug-likeness (QED) is 0.884. The Bertz CT molecular complexity index is 885. The van der Waals surface area contributed by atoms with Crippen LogP contribution in [0.15, 0.2) is 30.6 Å². The lowest BCUT2D eigenvalue weighted by molar-refractivity contribution is -0.135. The Labute approximate surface area is 152 Å². The molecule has 0 radical (unpaired) electrons. The first-order valence-electron chi connectivity index (χ1n) is 9.28. The lowest BCUT2D eigenvalue weighted by Crippen LogP contribution is -2.55. The molecule has 3 saturated heterocycles. The molecule has 2 amide bonds. The van der Waals surface area contributed by atoms with E-state index in [4.69, 9.17) is 0 Å². The zero-order valence-electron chi connectivity index (χ0n) is 14.9. The summed E-state index contributed by atoms with van der Waals surface area (Å²) in [7, 11) is 2.06. The molecule has 2 aromatic heterocycles. The van der Waals surface area contributed by atoms with Gasteiger partial charge >= 0.3 is 0 Å². The van der Waals surface area contributed by atoms with Crippen molar-refractivity contribution in [1.82, 2.24) is 24.5 Å². The van der Waals surface area contributed by atoms with Crippen molar-refractivity contribution >= 4 is 17.5 Å². The molecule has 1 atom stereocenters. The van der Waals surface area contributed by atoms with Gasteiger partial charge in [-0.15, -0.1) is 0 Å². The molecule has 1 aliphatic carbocycles. The zero-order valence-corrected chi connectivity index (χ0v) is 14.9. The minimum Gasteiger partial charge on any atom is -0.343 e. The molecule has 1 N–H and O–H groups in total. The Balaban J connectivity index is 1.29. The van der Waals surface area contributed by atoms with Gasteiger partial charge in [0.15, 0.2) is 0 Å². The van der Waals surface area contributed by atoms with Crippen molar-refractivity contribution in [3.8, 4) is 0 Å². The predicted molar refractivity (Wildman–Crippen MR) is 95.7 cm³/mol. The highest BCUT2D eigenvalue weighted by Gasteiger charge is 2.58. The number of aromatic nitrogens is 2. The number of likely N-dealkylation sites (tertiary alicyclic amines) is 1. The van der Waals surface area contributed by atoms with Gasteiger partial charge in [-0.05, 0) is 45.0 Å². The number of pyridine rings is 1. The topological polar surface area (TPSA) is 70.0 Å². The summed E-state index contributed by atoms with van der Waals surface area (Å²) in [4.78, 5) is 34.1. The van der Waals surface area contributed by atoms with E-state index in [1.807, 2.05) is 29.3 Å². The molecule has 26 heavy (non-hydrogen) atoms. The van der Waals surface area contributed by atoms with E-state index in [2.05, 4.69) is 22.2 Å². The molecule has 3 aliphatic heterocycles. The molecule has 1 saturated carbocycles. The van der Waals surface area contributed by atoms with Crippen molar-refractivity contribution in [2.24, 2.45) is 5.92 Å². The summed E-state index contributed by atoms with van der Waals surface area (Å²) in [6, 6.07) is 5.96. The number of carbonyl (C=O) groups is 2. The highest BCUT2D eigenvalue weighted by atomic mass is 16.2. The van der Waals surface area contributed by atoms with Crippen LogP contribution in [0.2, 0.25) is 0 Å². The van der Waals surface area contributed by atoms with Gasteiger partial charge in [-0.1, -0.05) is 6.07 Å². The molecule has 5 heterocycles. The van der Waals surface area contributed by atoms with Gasteiger partial charge in [0.2, 0.25) is 5.91 Å². The second kappa shape index (κ2) is 5.54. The van der Waals surface area contributed by atoms with Crippen LogP contribution in [-0.4, -0.2) is 69.3 Å². The molecular formula is C19H23N5O2. The average molecular weight is 353 g/mol. The SMILES string of the molecule is CN1CC[C@H](C(=O)N2CC3(NC(=O)c4cnc5ccccn45)CC2C3)C1. The van der Waals surface area contributed by atoms with Gasteiger partial charge in [0.05, 0.1) is 17.7 Å². The van der Waals surface area contributed by atoms with Crippen molar-refractivity contribution in [2.75, 3.05) is 26.7 Å². The van der Waals surface area contributed by atoms with Gasteiger partial charge in [0.1, 0.15) is 11.3 Å². The maximum atomic E-state index is 12.8. The van der Waals surface area contributed by atoms with Crippen LogP contribution in [0, 0.1) is 5.92 Å². The van der Waals surface area contributed by atoms with Crippen LogP contribution in [-0.2, 0) is 4.79 Å². The number of nitrogens with one attached hydrogen (secondary N) is 1. The standard InChI is InChI=1S/C19H23N5O2/c1-22-7-5-13(11-22)18(26)24-12-19(8-14(24)9-19)21-17(25)15-10-20-16-4-2-3-6-23(15)16/h2-4,6,10,13-14H,5,7-9,11-12H2,1H3,(H,21,25)/t13-,14?,19?/m0/s1. The van der Waals surface area contributed by atoms with Gasteiger partial charge < -0.3 is 15.1 Å². The van der Waals surface area contributed by atoms with Crippen LogP contribution >= 0.6 is 0 Å². The second-order valence-corrected chi connectivity index (χ2v) is 8.08. The van der Waals surface area contributed by atoms with Crippen molar-refractivity contribution < 1.29 is 9.59 Å². The monoisotopic (exact) mass is 353 g/mol. The Morgan fingerprint density at radius 1 is 1.31 bits per heavy atom. The fourth-order valence-electron chi connectivity index (χ4n) is 4.82. The summed E-state index contributed by atoms with van der Waals surface area (Å²) >= 11 is 0. The Morgan fingerprint density at radius 2 is 2.15 bits per heavy atom. The summed E-state index contributed by atoms with van der Waals surface area (Å²) < 4.78 is 1.80. The third-order valence-corrected chi connectivity index (χ3v) is 6.22. The molecule has 136 valence electrons. The summed E-state index contributed by atoms with van der Waals surface area (Å²) in [6.07, 6.45) is 6.14. The molecule has 0 aromatic carbocycles. The van der Waals surface area contributed by atoms with Crippen LogP contribution in [0.4, 0.5) is 0 Å². The molecular weight excluding hydrogens is 330 g/mol. The number of hydrogen-bond donors (Lipinski definition) is 1. The maximum absolute atomic E-state index is 12.8. The van der Waals surface area contributed by atoms with E-state index in [1.165, 1.54) is 0 Å².